The van der Waals surface area contributed by atoms with Crippen LogP contribution in [0.3, 0.4) is 0 Å². The van der Waals surface area contributed by atoms with Crippen LogP contribution in [0.4, 0.5) is 0 Å². The summed E-state index contributed by atoms with van der Waals surface area (Å²) in [5, 5.41) is 11.7. The number of carbonyl (C=O) groups excluding carboxylic acids is 1. The topological polar surface area (TPSA) is 67.2 Å². The highest BCUT2D eigenvalue weighted by Crippen LogP contribution is 2.36. The van der Waals surface area contributed by atoms with Crippen molar-refractivity contribution in [1.82, 2.24) is 30.0 Å². The van der Waals surface area contributed by atoms with Crippen molar-refractivity contribution >= 4 is 5.91 Å². The number of carbonyl (C=O) groups is 1. The number of aromatic nitrogens is 4. The average molecular weight is 354 g/mol. The minimum atomic E-state index is -0.580. The van der Waals surface area contributed by atoms with E-state index in [0.717, 1.165) is 58.4 Å². The van der Waals surface area contributed by atoms with Gasteiger partial charge in [-0.05, 0) is 28.8 Å². The number of tetrazole rings is 1. The lowest BCUT2D eigenvalue weighted by Gasteiger charge is -2.42. The molecule has 1 saturated heterocycles. The van der Waals surface area contributed by atoms with Gasteiger partial charge in [-0.2, -0.15) is 0 Å². The van der Waals surface area contributed by atoms with Crippen molar-refractivity contribution in [3.63, 3.8) is 0 Å². The summed E-state index contributed by atoms with van der Waals surface area (Å²) in [7, 11) is 0. The fraction of sp³-hybridized carbons (Fsp3) is 0.579. The van der Waals surface area contributed by atoms with Crippen LogP contribution in [0.25, 0.3) is 0 Å². The quantitative estimate of drug-likeness (QED) is 0.836. The fourth-order valence-electron chi connectivity index (χ4n) is 4.28. The molecule has 0 radical (unpaired) electrons. The zero-order chi connectivity index (χ0) is 17.8. The van der Waals surface area contributed by atoms with E-state index in [-0.39, 0.29) is 5.91 Å². The summed E-state index contributed by atoms with van der Waals surface area (Å²) >= 11 is 0. The molecule has 26 heavy (non-hydrogen) atoms. The molecule has 2 aromatic rings. The first-order valence-corrected chi connectivity index (χ1v) is 9.57. The first-order chi connectivity index (χ1) is 12.8. The predicted molar refractivity (Wildman–Crippen MR) is 97.2 cm³/mol. The van der Waals surface area contributed by atoms with E-state index in [0.29, 0.717) is 0 Å². The summed E-state index contributed by atoms with van der Waals surface area (Å²) in [6.45, 7) is 4.31. The third-order valence-electron chi connectivity index (χ3n) is 5.77. The highest BCUT2D eigenvalue weighted by atomic mass is 16.2. The van der Waals surface area contributed by atoms with Gasteiger partial charge in [-0.25, -0.2) is 4.68 Å². The molecule has 1 aromatic heterocycles. The van der Waals surface area contributed by atoms with Crippen LogP contribution in [0.5, 0.6) is 0 Å². The van der Waals surface area contributed by atoms with Crippen molar-refractivity contribution in [2.75, 3.05) is 26.2 Å². The van der Waals surface area contributed by atoms with E-state index in [1.54, 1.807) is 11.0 Å². The monoisotopic (exact) mass is 354 g/mol. The maximum Gasteiger partial charge on any atom is 0.250 e. The van der Waals surface area contributed by atoms with Gasteiger partial charge in [-0.15, -0.1) is 5.10 Å². The summed E-state index contributed by atoms with van der Waals surface area (Å²) in [4.78, 5) is 17.9. The number of benzene rings is 1. The lowest BCUT2D eigenvalue weighted by molar-refractivity contribution is -0.145. The molecule has 2 heterocycles. The summed E-state index contributed by atoms with van der Waals surface area (Å²) in [6, 6.07) is 10.5. The number of nitrogens with zero attached hydrogens (tertiary/aromatic N) is 6. The Morgan fingerprint density at radius 2 is 1.73 bits per heavy atom. The van der Waals surface area contributed by atoms with Gasteiger partial charge in [-0.1, -0.05) is 49.6 Å². The molecule has 2 fully saturated rings. The van der Waals surface area contributed by atoms with Gasteiger partial charge >= 0.3 is 0 Å². The Hall–Kier alpha value is -2.28. The summed E-state index contributed by atoms with van der Waals surface area (Å²) in [6.07, 6.45) is 6.57. The Balaban J connectivity index is 1.42. The molecule has 0 bridgehead atoms. The van der Waals surface area contributed by atoms with Gasteiger partial charge in [-0.3, -0.25) is 9.69 Å². The highest BCUT2D eigenvalue weighted by molar-refractivity contribution is 5.84. The maximum absolute atomic E-state index is 13.4. The fourth-order valence-corrected chi connectivity index (χ4v) is 4.28. The third-order valence-corrected chi connectivity index (χ3v) is 5.77. The molecule has 1 aromatic carbocycles. The van der Waals surface area contributed by atoms with E-state index in [4.69, 9.17) is 0 Å². The Morgan fingerprint density at radius 1 is 1.00 bits per heavy atom. The van der Waals surface area contributed by atoms with Crippen LogP contribution in [-0.4, -0.2) is 62.1 Å². The second-order valence-corrected chi connectivity index (χ2v) is 7.40. The van der Waals surface area contributed by atoms with Crippen LogP contribution in [0, 0.1) is 0 Å². The van der Waals surface area contributed by atoms with Crippen molar-refractivity contribution in [1.29, 1.82) is 0 Å². The summed E-state index contributed by atoms with van der Waals surface area (Å²) < 4.78 is 1.71. The molecular weight excluding hydrogens is 328 g/mol. The molecule has 1 aliphatic heterocycles. The molecule has 4 rings (SSSR count). The Kier molecular flexibility index (Phi) is 4.97. The Labute approximate surface area is 154 Å². The Bertz CT molecular complexity index is 703. The number of hydrogen-bond donors (Lipinski definition) is 0. The molecule has 7 heteroatoms. The second-order valence-electron chi connectivity index (χ2n) is 7.40. The molecule has 138 valence electrons. The molecular formula is C19H26N6O. The largest absolute Gasteiger partial charge is 0.338 e. The van der Waals surface area contributed by atoms with Crippen molar-refractivity contribution in [3.05, 3.63) is 42.2 Å². The summed E-state index contributed by atoms with van der Waals surface area (Å²) in [5.74, 6) is 0.198. The third kappa shape index (κ3) is 3.35. The minimum absolute atomic E-state index is 0.198. The predicted octanol–water partition coefficient (Wildman–Crippen LogP) is 1.68. The lowest BCUT2D eigenvalue weighted by Crippen LogP contribution is -2.57. The lowest BCUT2D eigenvalue weighted by atomic mass is 9.80. The van der Waals surface area contributed by atoms with Crippen LogP contribution in [0.2, 0.25) is 0 Å². The van der Waals surface area contributed by atoms with E-state index >= 15 is 0 Å². The van der Waals surface area contributed by atoms with Crippen LogP contribution >= 0.6 is 0 Å². The normalized spacial score (nSPS) is 20.8. The van der Waals surface area contributed by atoms with E-state index in [9.17, 15) is 4.79 Å². The van der Waals surface area contributed by atoms with Crippen molar-refractivity contribution < 1.29 is 4.79 Å². The van der Waals surface area contributed by atoms with Crippen molar-refractivity contribution in [2.45, 2.75) is 44.2 Å². The maximum atomic E-state index is 13.4. The average Bonchev–Trinajstić information content (AvgIpc) is 3.25. The molecule has 0 unspecified atom stereocenters. The molecule has 1 amide bonds. The molecule has 7 nitrogen and oxygen atoms in total. The molecule has 0 atom stereocenters. The van der Waals surface area contributed by atoms with E-state index in [1.807, 2.05) is 11.0 Å². The van der Waals surface area contributed by atoms with Gasteiger partial charge < -0.3 is 4.90 Å². The van der Waals surface area contributed by atoms with Crippen molar-refractivity contribution in [2.24, 2.45) is 0 Å². The number of rotatable bonds is 4. The van der Waals surface area contributed by atoms with Gasteiger partial charge in [0.25, 0.3) is 5.91 Å². The molecule has 1 saturated carbocycles. The van der Waals surface area contributed by atoms with Gasteiger partial charge in [0.05, 0.1) is 0 Å². The van der Waals surface area contributed by atoms with Gasteiger partial charge in [0.2, 0.25) is 0 Å². The van der Waals surface area contributed by atoms with Crippen LogP contribution < -0.4 is 0 Å². The van der Waals surface area contributed by atoms with Crippen molar-refractivity contribution in [3.8, 4) is 0 Å². The van der Waals surface area contributed by atoms with E-state index in [1.165, 1.54) is 12.0 Å². The molecule has 2 aliphatic rings. The standard InChI is InChI=1S/C19H26N6O/c26-18(19(9-5-2-6-10-19)25-16-20-21-22-25)24-13-11-23(12-14-24)15-17-7-3-1-4-8-17/h1,3-4,7-8,16H,2,5-6,9-15H2. The molecule has 0 N–H and O–H groups in total. The SMILES string of the molecule is O=C(N1CCN(Cc2ccccc2)CC1)C1(n2cnnn2)CCCCC1. The van der Waals surface area contributed by atoms with Crippen LogP contribution in [0.15, 0.2) is 36.7 Å². The van der Waals surface area contributed by atoms with E-state index < -0.39 is 5.54 Å². The van der Waals surface area contributed by atoms with Gasteiger partial charge in [0.1, 0.15) is 11.9 Å². The number of hydrogen-bond acceptors (Lipinski definition) is 5. The molecule has 0 spiro atoms. The van der Waals surface area contributed by atoms with E-state index in [2.05, 4.69) is 44.7 Å². The van der Waals surface area contributed by atoms with Crippen LogP contribution in [0.1, 0.15) is 37.7 Å². The highest BCUT2D eigenvalue weighted by Gasteiger charge is 2.45. The smallest absolute Gasteiger partial charge is 0.250 e. The number of piperazine rings is 1. The summed E-state index contributed by atoms with van der Waals surface area (Å²) in [5.41, 5.74) is 0.744. The Morgan fingerprint density at radius 3 is 2.38 bits per heavy atom. The van der Waals surface area contributed by atoms with Gasteiger partial charge in [0, 0.05) is 32.7 Å². The number of amides is 1. The zero-order valence-electron chi connectivity index (χ0n) is 15.1. The first kappa shape index (κ1) is 17.1. The first-order valence-electron chi connectivity index (χ1n) is 9.57. The van der Waals surface area contributed by atoms with Crippen LogP contribution in [-0.2, 0) is 16.9 Å². The van der Waals surface area contributed by atoms with Gasteiger partial charge in [0.15, 0.2) is 0 Å². The second kappa shape index (κ2) is 7.53. The zero-order valence-corrected chi connectivity index (χ0v) is 15.1. The minimum Gasteiger partial charge on any atom is -0.338 e. The molecule has 1 aliphatic carbocycles.